The lowest BCUT2D eigenvalue weighted by molar-refractivity contribution is 0.102. The molecule has 0 aliphatic heterocycles. The molecule has 0 atom stereocenters. The number of benzene rings is 3. The number of anilines is 1. The third kappa shape index (κ3) is 3.68. The third-order valence-corrected chi connectivity index (χ3v) is 5.40. The zero-order valence-corrected chi connectivity index (χ0v) is 16.2. The topological polar surface area (TPSA) is 60.5 Å². The highest BCUT2D eigenvalue weighted by molar-refractivity contribution is 7.21. The van der Waals surface area contributed by atoms with E-state index in [0.717, 1.165) is 32.2 Å². The summed E-state index contributed by atoms with van der Waals surface area (Å²) in [4.78, 5) is 17.0. The molecule has 6 heteroatoms. The highest BCUT2D eigenvalue weighted by Crippen LogP contribution is 2.32. The van der Waals surface area contributed by atoms with Crippen LogP contribution in [0.2, 0.25) is 0 Å². The number of carbonyl (C=O) groups is 1. The average molecular weight is 390 g/mol. The maximum absolute atomic E-state index is 12.4. The highest BCUT2D eigenvalue weighted by atomic mass is 32.1. The summed E-state index contributed by atoms with van der Waals surface area (Å²) in [5.74, 6) is 1.37. The third-order valence-electron chi connectivity index (χ3n) is 4.34. The number of nitrogens with one attached hydrogen (secondary N) is 1. The standard InChI is InChI=1S/C22H18N2O3S/c1-26-17-9-5-14(6-10-17)21(25)23-16-7-3-15(4-8-16)22-24-19-12-11-18(27-2)13-20(19)28-22/h3-13H,1-2H3,(H,23,25). The maximum Gasteiger partial charge on any atom is 0.255 e. The van der Waals surface area contributed by atoms with E-state index in [-0.39, 0.29) is 5.91 Å². The van der Waals surface area contributed by atoms with Gasteiger partial charge in [0.15, 0.2) is 0 Å². The first kappa shape index (κ1) is 18.0. The van der Waals surface area contributed by atoms with Crippen molar-refractivity contribution in [1.82, 2.24) is 4.98 Å². The summed E-state index contributed by atoms with van der Waals surface area (Å²) in [6.07, 6.45) is 0. The maximum atomic E-state index is 12.4. The second-order valence-corrected chi connectivity index (χ2v) is 7.14. The largest absolute Gasteiger partial charge is 0.497 e. The quantitative estimate of drug-likeness (QED) is 0.507. The minimum Gasteiger partial charge on any atom is -0.497 e. The number of carbonyl (C=O) groups excluding carboxylic acids is 1. The molecule has 4 rings (SSSR count). The summed E-state index contributed by atoms with van der Waals surface area (Å²) in [6.45, 7) is 0. The number of hydrogen-bond acceptors (Lipinski definition) is 5. The van der Waals surface area contributed by atoms with E-state index in [1.807, 2.05) is 42.5 Å². The molecule has 0 unspecified atom stereocenters. The number of ether oxygens (including phenoxy) is 2. The number of nitrogens with zero attached hydrogens (tertiary/aromatic N) is 1. The zero-order valence-electron chi connectivity index (χ0n) is 15.4. The van der Waals surface area contributed by atoms with Gasteiger partial charge in [-0.3, -0.25) is 4.79 Å². The minimum atomic E-state index is -0.164. The Morgan fingerprint density at radius 3 is 2.25 bits per heavy atom. The molecule has 0 radical (unpaired) electrons. The van der Waals surface area contributed by atoms with Crippen molar-refractivity contribution in [2.24, 2.45) is 0 Å². The van der Waals surface area contributed by atoms with Crippen LogP contribution in [-0.2, 0) is 0 Å². The van der Waals surface area contributed by atoms with Crippen molar-refractivity contribution in [3.8, 4) is 22.1 Å². The summed E-state index contributed by atoms with van der Waals surface area (Å²) in [6, 6.07) is 20.5. The van der Waals surface area contributed by atoms with Crippen LogP contribution in [0.25, 0.3) is 20.8 Å². The molecule has 0 bridgehead atoms. The number of hydrogen-bond donors (Lipinski definition) is 1. The molecule has 4 aromatic rings. The van der Waals surface area contributed by atoms with Crippen LogP contribution < -0.4 is 14.8 Å². The van der Waals surface area contributed by atoms with Crippen molar-refractivity contribution in [3.63, 3.8) is 0 Å². The molecule has 5 nitrogen and oxygen atoms in total. The van der Waals surface area contributed by atoms with Gasteiger partial charge in [-0.2, -0.15) is 0 Å². The van der Waals surface area contributed by atoms with E-state index in [0.29, 0.717) is 11.3 Å². The molecule has 1 N–H and O–H groups in total. The summed E-state index contributed by atoms with van der Waals surface area (Å²) in [5, 5.41) is 3.83. The van der Waals surface area contributed by atoms with Gasteiger partial charge in [0.2, 0.25) is 0 Å². The molecule has 1 aromatic heterocycles. The van der Waals surface area contributed by atoms with Gasteiger partial charge in [-0.15, -0.1) is 11.3 Å². The molecule has 28 heavy (non-hydrogen) atoms. The molecule has 1 heterocycles. The predicted octanol–water partition coefficient (Wildman–Crippen LogP) is 5.23. The fraction of sp³-hybridized carbons (Fsp3) is 0.0909. The second kappa shape index (κ2) is 7.70. The van der Waals surface area contributed by atoms with E-state index < -0.39 is 0 Å². The lowest BCUT2D eigenvalue weighted by Crippen LogP contribution is -2.11. The molecule has 0 saturated heterocycles. The van der Waals surface area contributed by atoms with Crippen molar-refractivity contribution in [1.29, 1.82) is 0 Å². The Morgan fingerprint density at radius 2 is 1.57 bits per heavy atom. The van der Waals surface area contributed by atoms with Gasteiger partial charge in [-0.1, -0.05) is 0 Å². The van der Waals surface area contributed by atoms with E-state index in [4.69, 9.17) is 9.47 Å². The van der Waals surface area contributed by atoms with Crippen molar-refractivity contribution in [2.45, 2.75) is 0 Å². The zero-order chi connectivity index (χ0) is 19.5. The van der Waals surface area contributed by atoms with Crippen LogP contribution in [-0.4, -0.2) is 25.1 Å². The van der Waals surface area contributed by atoms with E-state index >= 15 is 0 Å². The first-order valence-electron chi connectivity index (χ1n) is 8.67. The molecule has 140 valence electrons. The number of thiazole rings is 1. The molecular formula is C22H18N2O3S. The number of rotatable bonds is 5. The number of fused-ring (bicyclic) bond motifs is 1. The Balaban J connectivity index is 1.51. The molecule has 0 saturated carbocycles. The first-order chi connectivity index (χ1) is 13.7. The van der Waals surface area contributed by atoms with Crippen LogP contribution in [0.1, 0.15) is 10.4 Å². The molecule has 0 spiro atoms. The van der Waals surface area contributed by atoms with Crippen molar-refractivity contribution < 1.29 is 14.3 Å². The molecule has 1 amide bonds. The summed E-state index contributed by atoms with van der Waals surface area (Å²) in [5.41, 5.74) is 3.25. The van der Waals surface area contributed by atoms with Gasteiger partial charge in [0.25, 0.3) is 5.91 Å². The van der Waals surface area contributed by atoms with Crippen molar-refractivity contribution in [2.75, 3.05) is 19.5 Å². The van der Waals surface area contributed by atoms with E-state index in [9.17, 15) is 4.79 Å². The number of aromatic nitrogens is 1. The summed E-state index contributed by atoms with van der Waals surface area (Å²) < 4.78 is 11.5. The van der Waals surface area contributed by atoms with Gasteiger partial charge in [0.05, 0.1) is 24.4 Å². The molecule has 0 aliphatic rings. The van der Waals surface area contributed by atoms with E-state index in [1.165, 1.54) is 0 Å². The summed E-state index contributed by atoms with van der Waals surface area (Å²) in [7, 11) is 3.25. The Labute approximate surface area is 166 Å². The highest BCUT2D eigenvalue weighted by Gasteiger charge is 2.09. The van der Waals surface area contributed by atoms with Gasteiger partial charge in [-0.25, -0.2) is 4.98 Å². The molecule has 0 aliphatic carbocycles. The SMILES string of the molecule is COc1ccc(C(=O)Nc2ccc(-c3nc4ccc(OC)cc4s3)cc2)cc1. The molecule has 0 fully saturated rings. The van der Waals surface area contributed by atoms with Crippen molar-refractivity contribution >= 4 is 33.1 Å². The second-order valence-electron chi connectivity index (χ2n) is 6.11. The fourth-order valence-electron chi connectivity index (χ4n) is 2.80. The number of amides is 1. The average Bonchev–Trinajstić information content (AvgIpc) is 3.17. The van der Waals surface area contributed by atoms with Crippen LogP contribution in [0.15, 0.2) is 66.7 Å². The summed E-state index contributed by atoms with van der Waals surface area (Å²) >= 11 is 1.61. The van der Waals surface area contributed by atoms with Crippen LogP contribution in [0.3, 0.4) is 0 Å². The van der Waals surface area contributed by atoms with Crippen LogP contribution in [0.4, 0.5) is 5.69 Å². The molecular weight excluding hydrogens is 372 g/mol. The Morgan fingerprint density at radius 1 is 0.893 bits per heavy atom. The van der Waals surface area contributed by atoms with Gasteiger partial charge < -0.3 is 14.8 Å². The van der Waals surface area contributed by atoms with Crippen LogP contribution in [0, 0.1) is 0 Å². The smallest absolute Gasteiger partial charge is 0.255 e. The normalized spacial score (nSPS) is 10.6. The number of methoxy groups -OCH3 is 2. The Hall–Kier alpha value is -3.38. The fourth-order valence-corrected chi connectivity index (χ4v) is 3.80. The Bertz CT molecular complexity index is 1120. The monoisotopic (exact) mass is 390 g/mol. The Kier molecular flexibility index (Phi) is 4.95. The first-order valence-corrected chi connectivity index (χ1v) is 9.48. The van der Waals surface area contributed by atoms with E-state index in [2.05, 4.69) is 10.3 Å². The van der Waals surface area contributed by atoms with E-state index in [1.54, 1.807) is 49.8 Å². The van der Waals surface area contributed by atoms with Crippen LogP contribution >= 0.6 is 11.3 Å². The van der Waals surface area contributed by atoms with Gasteiger partial charge in [0, 0.05) is 16.8 Å². The molecule has 3 aromatic carbocycles. The predicted molar refractivity (Wildman–Crippen MR) is 113 cm³/mol. The van der Waals surface area contributed by atoms with Gasteiger partial charge in [0.1, 0.15) is 16.5 Å². The van der Waals surface area contributed by atoms with Gasteiger partial charge in [-0.05, 0) is 66.7 Å². The van der Waals surface area contributed by atoms with Crippen LogP contribution in [0.5, 0.6) is 11.5 Å². The van der Waals surface area contributed by atoms with Crippen molar-refractivity contribution in [3.05, 3.63) is 72.3 Å². The lowest BCUT2D eigenvalue weighted by atomic mass is 10.2. The lowest BCUT2D eigenvalue weighted by Gasteiger charge is -2.06. The van der Waals surface area contributed by atoms with Gasteiger partial charge >= 0.3 is 0 Å². The minimum absolute atomic E-state index is 0.164.